The molecule has 0 amide bonds. The molecule has 1 aromatic heterocycles. The van der Waals surface area contributed by atoms with Crippen molar-refractivity contribution in [1.29, 1.82) is 0 Å². The second-order valence-electron chi connectivity index (χ2n) is 5.36. The van der Waals surface area contributed by atoms with Crippen LogP contribution in [-0.4, -0.2) is 41.5 Å². The fourth-order valence-corrected chi connectivity index (χ4v) is 3.40. The van der Waals surface area contributed by atoms with Crippen LogP contribution in [0.1, 0.15) is 12.0 Å². The van der Waals surface area contributed by atoms with Crippen LogP contribution in [0.25, 0.3) is 10.9 Å². The second-order valence-corrected chi connectivity index (χ2v) is 6.15. The van der Waals surface area contributed by atoms with Crippen molar-refractivity contribution in [3.8, 4) is 5.75 Å². The van der Waals surface area contributed by atoms with Crippen LogP contribution in [0, 0.1) is 0 Å². The molecule has 0 aliphatic carbocycles. The predicted octanol–water partition coefficient (Wildman–Crippen LogP) is 3.19. The van der Waals surface area contributed by atoms with E-state index in [1.165, 1.54) is 16.5 Å². The molecule has 19 heavy (non-hydrogen) atoms. The number of nitrogens with zero attached hydrogens (tertiary/aromatic N) is 1. The fourth-order valence-electron chi connectivity index (χ4n) is 2.95. The van der Waals surface area contributed by atoms with Gasteiger partial charge in [-0.1, -0.05) is 22.0 Å². The molecule has 0 saturated heterocycles. The van der Waals surface area contributed by atoms with E-state index in [1.54, 1.807) is 0 Å². The van der Waals surface area contributed by atoms with Crippen LogP contribution in [0.15, 0.2) is 24.4 Å². The monoisotopic (exact) mass is 322 g/mol. The zero-order valence-electron chi connectivity index (χ0n) is 11.3. The molecule has 2 aromatic rings. The molecule has 0 bridgehead atoms. The standard InChI is InChI=1S/C15H19BrN2O/c1-18(2)12-8-10-9-17-11-4-3-5-14(15(10)11)19-13(12)6-7-16/h3-5,9,12-13,17H,6-8H2,1-2H3/t12-,13+/m1/s1. The van der Waals surface area contributed by atoms with Gasteiger partial charge in [0.25, 0.3) is 0 Å². The van der Waals surface area contributed by atoms with Gasteiger partial charge in [-0.25, -0.2) is 0 Å². The third-order valence-electron chi connectivity index (χ3n) is 3.94. The van der Waals surface area contributed by atoms with Crippen molar-refractivity contribution >= 4 is 26.8 Å². The predicted molar refractivity (Wildman–Crippen MR) is 82.3 cm³/mol. The van der Waals surface area contributed by atoms with E-state index in [4.69, 9.17) is 4.74 Å². The van der Waals surface area contributed by atoms with Crippen LogP contribution in [0.3, 0.4) is 0 Å². The molecule has 0 radical (unpaired) electrons. The first kappa shape index (κ1) is 13.0. The third-order valence-corrected chi connectivity index (χ3v) is 4.40. The molecular weight excluding hydrogens is 304 g/mol. The Labute approximate surface area is 122 Å². The molecule has 3 nitrogen and oxygen atoms in total. The van der Waals surface area contributed by atoms with Crippen molar-refractivity contribution in [2.45, 2.75) is 25.0 Å². The topological polar surface area (TPSA) is 28.3 Å². The third kappa shape index (κ3) is 2.28. The maximum absolute atomic E-state index is 6.31. The summed E-state index contributed by atoms with van der Waals surface area (Å²) in [6.45, 7) is 0. The summed E-state index contributed by atoms with van der Waals surface area (Å²) in [6, 6.07) is 6.66. The molecule has 1 aromatic carbocycles. The van der Waals surface area contributed by atoms with Gasteiger partial charge in [-0.15, -0.1) is 0 Å². The Hall–Kier alpha value is -1.000. The lowest BCUT2D eigenvalue weighted by Crippen LogP contribution is -2.43. The zero-order valence-corrected chi connectivity index (χ0v) is 12.9. The Kier molecular flexibility index (Phi) is 3.54. The zero-order chi connectivity index (χ0) is 13.4. The number of hydrogen-bond donors (Lipinski definition) is 1. The fraction of sp³-hybridized carbons (Fsp3) is 0.467. The first-order chi connectivity index (χ1) is 9.20. The number of aromatic amines is 1. The van der Waals surface area contributed by atoms with Crippen molar-refractivity contribution in [1.82, 2.24) is 9.88 Å². The Morgan fingerprint density at radius 1 is 1.42 bits per heavy atom. The van der Waals surface area contributed by atoms with Gasteiger partial charge in [0.1, 0.15) is 11.9 Å². The highest BCUT2D eigenvalue weighted by Crippen LogP contribution is 2.35. The highest BCUT2D eigenvalue weighted by molar-refractivity contribution is 9.09. The van der Waals surface area contributed by atoms with Gasteiger partial charge in [-0.2, -0.15) is 0 Å². The lowest BCUT2D eigenvalue weighted by atomic mass is 10.00. The second kappa shape index (κ2) is 5.17. The molecule has 1 N–H and O–H groups in total. The average Bonchev–Trinajstić information content (AvgIpc) is 2.71. The Bertz CT molecular complexity index is 579. The van der Waals surface area contributed by atoms with E-state index in [-0.39, 0.29) is 6.10 Å². The van der Waals surface area contributed by atoms with Crippen LogP contribution in [0.4, 0.5) is 0 Å². The van der Waals surface area contributed by atoms with Gasteiger partial charge in [0, 0.05) is 22.4 Å². The summed E-state index contributed by atoms with van der Waals surface area (Å²) in [6.07, 6.45) is 4.41. The van der Waals surface area contributed by atoms with Crippen molar-refractivity contribution < 1.29 is 4.74 Å². The molecule has 2 heterocycles. The Balaban J connectivity index is 2.07. The van der Waals surface area contributed by atoms with Crippen molar-refractivity contribution in [3.63, 3.8) is 0 Å². The number of aromatic nitrogens is 1. The van der Waals surface area contributed by atoms with Gasteiger partial charge >= 0.3 is 0 Å². The SMILES string of the molecule is CN(C)[C@@H]1Cc2c[nH]c3cccc(c23)O[C@H]1CCBr. The maximum Gasteiger partial charge on any atom is 0.129 e. The maximum atomic E-state index is 6.31. The van der Waals surface area contributed by atoms with Crippen molar-refractivity contribution in [2.24, 2.45) is 0 Å². The first-order valence-electron chi connectivity index (χ1n) is 6.68. The summed E-state index contributed by atoms with van der Waals surface area (Å²) in [7, 11) is 4.27. The van der Waals surface area contributed by atoms with Crippen LogP contribution in [0.2, 0.25) is 0 Å². The number of halogens is 1. The number of nitrogens with one attached hydrogen (secondary N) is 1. The number of benzene rings is 1. The minimum absolute atomic E-state index is 0.229. The van der Waals surface area contributed by atoms with E-state index in [0.717, 1.165) is 23.9 Å². The van der Waals surface area contributed by atoms with Crippen LogP contribution in [-0.2, 0) is 6.42 Å². The van der Waals surface area contributed by atoms with E-state index in [2.05, 4.69) is 64.3 Å². The minimum Gasteiger partial charge on any atom is -0.488 e. The summed E-state index contributed by atoms with van der Waals surface area (Å²) in [5, 5.41) is 2.22. The smallest absolute Gasteiger partial charge is 0.129 e. The summed E-state index contributed by atoms with van der Waals surface area (Å²) in [5.74, 6) is 1.02. The van der Waals surface area contributed by atoms with Gasteiger partial charge in [0.2, 0.25) is 0 Å². The first-order valence-corrected chi connectivity index (χ1v) is 7.81. The van der Waals surface area contributed by atoms with Crippen LogP contribution in [0.5, 0.6) is 5.75 Å². The van der Waals surface area contributed by atoms with Gasteiger partial charge in [-0.3, -0.25) is 0 Å². The molecule has 1 aliphatic heterocycles. The lowest BCUT2D eigenvalue weighted by Gasteiger charge is -2.30. The van der Waals surface area contributed by atoms with E-state index in [1.807, 2.05) is 0 Å². The van der Waals surface area contributed by atoms with Gasteiger partial charge in [0.05, 0.1) is 6.04 Å². The largest absolute Gasteiger partial charge is 0.488 e. The van der Waals surface area contributed by atoms with Gasteiger partial charge in [0.15, 0.2) is 0 Å². The summed E-state index contributed by atoms with van der Waals surface area (Å²) in [5.41, 5.74) is 2.53. The summed E-state index contributed by atoms with van der Waals surface area (Å²) < 4.78 is 6.31. The molecule has 4 heteroatoms. The Morgan fingerprint density at radius 2 is 2.26 bits per heavy atom. The molecule has 2 atom stereocenters. The summed E-state index contributed by atoms with van der Waals surface area (Å²) in [4.78, 5) is 5.62. The van der Waals surface area contributed by atoms with Gasteiger partial charge in [-0.05, 0) is 44.6 Å². The molecule has 1 aliphatic rings. The van der Waals surface area contributed by atoms with E-state index in [0.29, 0.717) is 6.04 Å². The molecule has 0 saturated carbocycles. The Morgan fingerprint density at radius 3 is 3.00 bits per heavy atom. The number of ether oxygens (including phenoxy) is 1. The number of alkyl halides is 1. The molecule has 0 spiro atoms. The van der Waals surface area contributed by atoms with E-state index >= 15 is 0 Å². The normalized spacial score (nSPS) is 22.5. The van der Waals surface area contributed by atoms with Crippen LogP contribution < -0.4 is 4.74 Å². The van der Waals surface area contributed by atoms with Gasteiger partial charge < -0.3 is 14.6 Å². The molecule has 0 unspecified atom stereocenters. The van der Waals surface area contributed by atoms with E-state index < -0.39 is 0 Å². The number of hydrogen-bond acceptors (Lipinski definition) is 2. The average molecular weight is 323 g/mol. The lowest BCUT2D eigenvalue weighted by molar-refractivity contribution is 0.0991. The number of H-pyrrole nitrogens is 1. The summed E-state index contributed by atoms with van der Waals surface area (Å²) >= 11 is 3.55. The molecule has 3 rings (SSSR count). The number of likely N-dealkylation sites (N-methyl/N-ethyl adjacent to an activating group) is 1. The molecular formula is C15H19BrN2O. The highest BCUT2D eigenvalue weighted by Gasteiger charge is 2.30. The quantitative estimate of drug-likeness (QED) is 0.879. The molecule has 0 fully saturated rings. The van der Waals surface area contributed by atoms with Crippen molar-refractivity contribution in [2.75, 3.05) is 19.4 Å². The van der Waals surface area contributed by atoms with E-state index in [9.17, 15) is 0 Å². The molecule has 102 valence electrons. The highest BCUT2D eigenvalue weighted by atomic mass is 79.9. The number of rotatable bonds is 3. The van der Waals surface area contributed by atoms with Crippen molar-refractivity contribution in [3.05, 3.63) is 30.0 Å². The minimum atomic E-state index is 0.229. The van der Waals surface area contributed by atoms with Crippen LogP contribution >= 0.6 is 15.9 Å².